The molecule has 1 aromatic heterocycles. The first-order valence-electron chi connectivity index (χ1n) is 5.10. The summed E-state index contributed by atoms with van der Waals surface area (Å²) in [4.78, 5) is 11.3. The van der Waals surface area contributed by atoms with Crippen LogP contribution in [0, 0.1) is 6.92 Å². The third-order valence-electron chi connectivity index (χ3n) is 3.02. The third kappa shape index (κ3) is 1.16. The van der Waals surface area contributed by atoms with Crippen molar-refractivity contribution in [1.29, 1.82) is 0 Å². The number of hydrogen-bond donors (Lipinski definition) is 1. The number of carbonyl (C=O) groups is 1. The molecule has 2 aromatic rings. The van der Waals surface area contributed by atoms with Crippen molar-refractivity contribution in [2.24, 2.45) is 0 Å². The van der Waals surface area contributed by atoms with Gasteiger partial charge in [-0.3, -0.25) is 4.79 Å². The van der Waals surface area contributed by atoms with Crippen LogP contribution < -0.4 is 5.32 Å². The SMILES string of the molecule is Cc1cccc2c1cc1n2CC(=O)NC1. The number of benzene rings is 1. The van der Waals surface area contributed by atoms with Gasteiger partial charge >= 0.3 is 0 Å². The molecule has 1 N–H and O–H groups in total. The van der Waals surface area contributed by atoms with Gasteiger partial charge in [-0.15, -0.1) is 0 Å². The molecule has 3 nitrogen and oxygen atoms in total. The minimum absolute atomic E-state index is 0.0986. The average molecular weight is 200 g/mol. The molecule has 0 fully saturated rings. The van der Waals surface area contributed by atoms with E-state index in [1.165, 1.54) is 22.2 Å². The van der Waals surface area contributed by atoms with E-state index in [2.05, 4.69) is 35.0 Å². The van der Waals surface area contributed by atoms with Crippen LogP contribution in [-0.4, -0.2) is 10.5 Å². The van der Waals surface area contributed by atoms with Gasteiger partial charge < -0.3 is 9.88 Å². The summed E-state index contributed by atoms with van der Waals surface area (Å²) in [6, 6.07) is 8.38. The van der Waals surface area contributed by atoms with Crippen LogP contribution in [0.5, 0.6) is 0 Å². The van der Waals surface area contributed by atoms with Crippen LogP contribution in [-0.2, 0) is 17.9 Å². The summed E-state index contributed by atoms with van der Waals surface area (Å²) in [5.74, 6) is 0.0986. The minimum atomic E-state index is 0.0986. The van der Waals surface area contributed by atoms with E-state index in [4.69, 9.17) is 0 Å². The van der Waals surface area contributed by atoms with Crippen molar-refractivity contribution in [3.8, 4) is 0 Å². The van der Waals surface area contributed by atoms with Crippen molar-refractivity contribution in [3.05, 3.63) is 35.5 Å². The maximum absolute atomic E-state index is 11.3. The highest BCUT2D eigenvalue weighted by atomic mass is 16.2. The van der Waals surface area contributed by atoms with E-state index < -0.39 is 0 Å². The first-order valence-corrected chi connectivity index (χ1v) is 5.10. The zero-order valence-electron chi connectivity index (χ0n) is 8.58. The van der Waals surface area contributed by atoms with E-state index in [0.29, 0.717) is 13.1 Å². The van der Waals surface area contributed by atoms with Crippen molar-refractivity contribution in [1.82, 2.24) is 9.88 Å². The zero-order chi connectivity index (χ0) is 10.4. The van der Waals surface area contributed by atoms with Gasteiger partial charge in [-0.1, -0.05) is 12.1 Å². The molecule has 1 aliphatic heterocycles. The number of amides is 1. The molecular formula is C12H12N2O. The lowest BCUT2D eigenvalue weighted by Gasteiger charge is -2.16. The molecular weight excluding hydrogens is 188 g/mol. The minimum Gasteiger partial charge on any atom is -0.349 e. The van der Waals surface area contributed by atoms with Gasteiger partial charge in [0, 0.05) is 16.6 Å². The monoisotopic (exact) mass is 200 g/mol. The molecule has 76 valence electrons. The lowest BCUT2D eigenvalue weighted by Crippen LogP contribution is -2.33. The standard InChI is InChI=1S/C12H12N2O/c1-8-3-2-4-11-10(8)5-9-6-13-12(15)7-14(9)11/h2-5H,6-7H2,1H3,(H,13,15). The molecule has 3 rings (SSSR count). The Bertz CT molecular complexity index is 554. The molecule has 0 saturated heterocycles. The molecule has 15 heavy (non-hydrogen) atoms. The van der Waals surface area contributed by atoms with Gasteiger partial charge in [-0.05, 0) is 24.6 Å². The molecule has 1 aliphatic rings. The van der Waals surface area contributed by atoms with Gasteiger partial charge in [0.25, 0.3) is 0 Å². The Morgan fingerprint density at radius 1 is 1.40 bits per heavy atom. The molecule has 0 spiro atoms. The summed E-state index contributed by atoms with van der Waals surface area (Å²) in [6.45, 7) is 3.19. The fraction of sp³-hybridized carbons (Fsp3) is 0.250. The van der Waals surface area contributed by atoms with E-state index in [9.17, 15) is 4.79 Å². The lowest BCUT2D eigenvalue weighted by molar-refractivity contribution is -0.122. The molecule has 3 heteroatoms. The highest BCUT2D eigenvalue weighted by Crippen LogP contribution is 2.24. The van der Waals surface area contributed by atoms with E-state index >= 15 is 0 Å². The second kappa shape index (κ2) is 2.86. The molecule has 0 bridgehead atoms. The van der Waals surface area contributed by atoms with E-state index in [0.717, 1.165) is 0 Å². The van der Waals surface area contributed by atoms with Crippen molar-refractivity contribution < 1.29 is 4.79 Å². The van der Waals surface area contributed by atoms with Gasteiger partial charge in [0.15, 0.2) is 0 Å². The Balaban J connectivity index is 2.33. The number of rotatable bonds is 0. The van der Waals surface area contributed by atoms with Crippen LogP contribution in [0.3, 0.4) is 0 Å². The molecule has 0 atom stereocenters. The highest BCUT2D eigenvalue weighted by molar-refractivity contribution is 5.88. The number of nitrogens with zero attached hydrogens (tertiary/aromatic N) is 1. The predicted octanol–water partition coefficient (Wildman–Crippen LogP) is 1.58. The maximum Gasteiger partial charge on any atom is 0.240 e. The Morgan fingerprint density at radius 3 is 3.13 bits per heavy atom. The molecule has 2 heterocycles. The first kappa shape index (κ1) is 8.53. The van der Waals surface area contributed by atoms with Crippen LogP contribution >= 0.6 is 0 Å². The first-order chi connectivity index (χ1) is 7.25. The molecule has 0 unspecified atom stereocenters. The van der Waals surface area contributed by atoms with Crippen LogP contribution in [0.4, 0.5) is 0 Å². The van der Waals surface area contributed by atoms with Gasteiger partial charge in [0.2, 0.25) is 5.91 Å². The average Bonchev–Trinajstić information content (AvgIpc) is 2.58. The Labute approximate surface area is 87.7 Å². The molecule has 1 aromatic carbocycles. The fourth-order valence-electron chi connectivity index (χ4n) is 2.21. The lowest BCUT2D eigenvalue weighted by atomic mass is 10.1. The number of aromatic nitrogens is 1. The molecule has 0 saturated carbocycles. The summed E-state index contributed by atoms with van der Waals surface area (Å²) in [5.41, 5.74) is 3.63. The summed E-state index contributed by atoms with van der Waals surface area (Å²) in [5, 5.41) is 4.11. The quantitative estimate of drug-likeness (QED) is 0.688. The molecule has 0 radical (unpaired) electrons. The van der Waals surface area contributed by atoms with Crippen molar-refractivity contribution >= 4 is 16.8 Å². The summed E-state index contributed by atoms with van der Waals surface area (Å²) in [7, 11) is 0. The van der Waals surface area contributed by atoms with Gasteiger partial charge in [-0.25, -0.2) is 0 Å². The van der Waals surface area contributed by atoms with Gasteiger partial charge in [-0.2, -0.15) is 0 Å². The van der Waals surface area contributed by atoms with E-state index in [1.54, 1.807) is 0 Å². The van der Waals surface area contributed by atoms with Crippen LogP contribution in [0.2, 0.25) is 0 Å². The fourth-order valence-corrected chi connectivity index (χ4v) is 2.21. The zero-order valence-corrected chi connectivity index (χ0v) is 8.58. The Morgan fingerprint density at radius 2 is 2.27 bits per heavy atom. The largest absolute Gasteiger partial charge is 0.349 e. The topological polar surface area (TPSA) is 34.0 Å². The summed E-state index contributed by atoms with van der Waals surface area (Å²) in [6.07, 6.45) is 0. The number of hydrogen-bond acceptors (Lipinski definition) is 1. The number of nitrogens with one attached hydrogen (secondary N) is 1. The van der Waals surface area contributed by atoms with Crippen LogP contribution in [0.1, 0.15) is 11.3 Å². The van der Waals surface area contributed by atoms with Crippen LogP contribution in [0.25, 0.3) is 10.9 Å². The van der Waals surface area contributed by atoms with Crippen molar-refractivity contribution in [2.75, 3.05) is 0 Å². The van der Waals surface area contributed by atoms with Crippen molar-refractivity contribution in [2.45, 2.75) is 20.0 Å². The highest BCUT2D eigenvalue weighted by Gasteiger charge is 2.17. The second-order valence-corrected chi connectivity index (χ2v) is 4.01. The summed E-state index contributed by atoms with van der Waals surface area (Å²) < 4.78 is 2.10. The van der Waals surface area contributed by atoms with E-state index in [-0.39, 0.29) is 5.91 Å². The van der Waals surface area contributed by atoms with Gasteiger partial charge in [0.05, 0.1) is 6.54 Å². The van der Waals surface area contributed by atoms with Crippen molar-refractivity contribution in [3.63, 3.8) is 0 Å². The Hall–Kier alpha value is -1.77. The van der Waals surface area contributed by atoms with Gasteiger partial charge in [0.1, 0.15) is 6.54 Å². The number of fused-ring (bicyclic) bond motifs is 3. The smallest absolute Gasteiger partial charge is 0.240 e. The van der Waals surface area contributed by atoms with E-state index in [1.807, 2.05) is 6.07 Å². The summed E-state index contributed by atoms with van der Waals surface area (Å²) >= 11 is 0. The molecule has 0 aliphatic carbocycles. The third-order valence-corrected chi connectivity index (χ3v) is 3.02. The predicted molar refractivity (Wildman–Crippen MR) is 58.5 cm³/mol. The normalized spacial score (nSPS) is 15.1. The maximum atomic E-state index is 11.3. The second-order valence-electron chi connectivity index (χ2n) is 4.01. The molecule has 1 amide bonds. The number of carbonyl (C=O) groups excluding carboxylic acids is 1. The number of aryl methyl sites for hydroxylation is 1. The Kier molecular flexibility index (Phi) is 1.63. The van der Waals surface area contributed by atoms with Crippen LogP contribution in [0.15, 0.2) is 24.3 Å².